The third kappa shape index (κ3) is 3.10. The number of fused-ring (bicyclic) bond motifs is 1. The van der Waals surface area contributed by atoms with E-state index in [9.17, 15) is 4.79 Å². The number of hydrogen-bond donors (Lipinski definition) is 1. The lowest BCUT2D eigenvalue weighted by Crippen LogP contribution is -2.43. The summed E-state index contributed by atoms with van der Waals surface area (Å²) in [5.41, 5.74) is 1.76. The molecule has 112 valence electrons. The minimum Gasteiger partial charge on any atom is -0.376 e. The molecule has 0 aliphatic carbocycles. The van der Waals surface area contributed by atoms with Crippen LogP contribution >= 0.6 is 0 Å². The summed E-state index contributed by atoms with van der Waals surface area (Å²) in [6, 6.07) is 7.86. The van der Waals surface area contributed by atoms with Crippen LogP contribution in [0.15, 0.2) is 30.5 Å². The first-order valence-corrected chi connectivity index (χ1v) is 7.76. The van der Waals surface area contributed by atoms with Crippen LogP contribution in [0.3, 0.4) is 0 Å². The van der Waals surface area contributed by atoms with E-state index < -0.39 is 0 Å². The average Bonchev–Trinajstić information content (AvgIpc) is 3.00. The van der Waals surface area contributed by atoms with Crippen molar-refractivity contribution in [2.75, 3.05) is 19.7 Å². The first-order chi connectivity index (χ1) is 10.3. The number of amides is 1. The maximum Gasteiger partial charge on any atom is 0.254 e. The standard InChI is InChI=1S/C17H22N2O2/c1-2-10-21-15-4-3-9-19(12-15)17(20)14-6-5-13-7-8-18-16(13)11-14/h5-8,11,15,18H,2-4,9-10,12H2,1H3. The summed E-state index contributed by atoms with van der Waals surface area (Å²) in [5, 5.41) is 1.13. The second-order valence-electron chi connectivity index (χ2n) is 5.67. The maximum absolute atomic E-state index is 12.6. The molecule has 4 heteroatoms. The largest absolute Gasteiger partial charge is 0.376 e. The molecular weight excluding hydrogens is 264 g/mol. The lowest BCUT2D eigenvalue weighted by Gasteiger charge is -2.32. The van der Waals surface area contributed by atoms with E-state index >= 15 is 0 Å². The number of aromatic nitrogens is 1. The van der Waals surface area contributed by atoms with Gasteiger partial charge in [0.2, 0.25) is 0 Å². The monoisotopic (exact) mass is 286 g/mol. The number of hydrogen-bond acceptors (Lipinski definition) is 2. The zero-order chi connectivity index (χ0) is 14.7. The van der Waals surface area contributed by atoms with Crippen LogP contribution in [0.1, 0.15) is 36.5 Å². The number of nitrogens with one attached hydrogen (secondary N) is 1. The fourth-order valence-corrected chi connectivity index (χ4v) is 2.91. The van der Waals surface area contributed by atoms with Crippen molar-refractivity contribution in [3.8, 4) is 0 Å². The Kier molecular flexibility index (Phi) is 4.25. The number of ether oxygens (including phenoxy) is 1. The molecule has 0 radical (unpaired) electrons. The van der Waals surface area contributed by atoms with Gasteiger partial charge in [0.15, 0.2) is 0 Å². The fourth-order valence-electron chi connectivity index (χ4n) is 2.91. The van der Waals surface area contributed by atoms with Crippen molar-refractivity contribution in [2.24, 2.45) is 0 Å². The summed E-state index contributed by atoms with van der Waals surface area (Å²) in [7, 11) is 0. The van der Waals surface area contributed by atoms with Gasteiger partial charge in [-0.15, -0.1) is 0 Å². The van der Waals surface area contributed by atoms with Crippen LogP contribution in [0.4, 0.5) is 0 Å². The topological polar surface area (TPSA) is 45.3 Å². The van der Waals surface area contributed by atoms with Gasteiger partial charge in [-0.1, -0.05) is 13.0 Å². The summed E-state index contributed by atoms with van der Waals surface area (Å²) in [6.07, 6.45) is 5.18. The highest BCUT2D eigenvalue weighted by Gasteiger charge is 2.24. The van der Waals surface area contributed by atoms with Gasteiger partial charge in [-0.3, -0.25) is 4.79 Å². The minimum atomic E-state index is 0.108. The molecule has 2 aromatic rings. The normalized spacial score (nSPS) is 19.1. The van der Waals surface area contributed by atoms with Gasteiger partial charge in [-0.2, -0.15) is 0 Å². The fraction of sp³-hybridized carbons (Fsp3) is 0.471. The molecule has 1 unspecified atom stereocenters. The number of aromatic amines is 1. The maximum atomic E-state index is 12.6. The van der Waals surface area contributed by atoms with Crippen LogP contribution < -0.4 is 0 Å². The van der Waals surface area contributed by atoms with E-state index in [0.717, 1.165) is 48.9 Å². The number of likely N-dealkylation sites (tertiary alicyclic amines) is 1. The number of piperidine rings is 1. The molecule has 1 aromatic heterocycles. The average molecular weight is 286 g/mol. The molecule has 0 saturated carbocycles. The van der Waals surface area contributed by atoms with E-state index in [0.29, 0.717) is 6.54 Å². The van der Waals surface area contributed by atoms with E-state index in [1.54, 1.807) is 0 Å². The molecule has 0 spiro atoms. The van der Waals surface area contributed by atoms with E-state index in [4.69, 9.17) is 4.74 Å². The molecule has 4 nitrogen and oxygen atoms in total. The predicted molar refractivity (Wildman–Crippen MR) is 83.5 cm³/mol. The van der Waals surface area contributed by atoms with Gasteiger partial charge in [0.25, 0.3) is 5.91 Å². The molecule has 3 rings (SSSR count). The van der Waals surface area contributed by atoms with Crippen molar-refractivity contribution in [1.29, 1.82) is 0 Å². The highest BCUT2D eigenvalue weighted by atomic mass is 16.5. The molecular formula is C17H22N2O2. The molecule has 2 heterocycles. The number of rotatable bonds is 4. The van der Waals surface area contributed by atoms with Gasteiger partial charge in [0, 0.05) is 37.0 Å². The van der Waals surface area contributed by atoms with Gasteiger partial charge < -0.3 is 14.6 Å². The lowest BCUT2D eigenvalue weighted by atomic mass is 10.1. The van der Waals surface area contributed by atoms with Crippen LogP contribution in [0.25, 0.3) is 10.9 Å². The molecule has 1 amide bonds. The molecule has 1 saturated heterocycles. The first-order valence-electron chi connectivity index (χ1n) is 7.76. The predicted octanol–water partition coefficient (Wildman–Crippen LogP) is 3.20. The van der Waals surface area contributed by atoms with Crippen LogP contribution in [-0.2, 0) is 4.74 Å². The summed E-state index contributed by atoms with van der Waals surface area (Å²) < 4.78 is 5.81. The Labute approximate surface area is 125 Å². The highest BCUT2D eigenvalue weighted by molar-refractivity contribution is 5.98. The second kappa shape index (κ2) is 6.31. The number of carbonyl (C=O) groups excluding carboxylic acids is 1. The third-order valence-electron chi connectivity index (χ3n) is 4.03. The van der Waals surface area contributed by atoms with Crippen LogP contribution in [-0.4, -0.2) is 41.6 Å². The van der Waals surface area contributed by atoms with Gasteiger partial charge in [0.05, 0.1) is 6.10 Å². The van der Waals surface area contributed by atoms with Crippen LogP contribution in [0.5, 0.6) is 0 Å². The zero-order valence-electron chi connectivity index (χ0n) is 12.5. The van der Waals surface area contributed by atoms with Gasteiger partial charge in [0.1, 0.15) is 0 Å². The number of nitrogens with zero attached hydrogens (tertiary/aromatic N) is 1. The Balaban J connectivity index is 1.71. The van der Waals surface area contributed by atoms with Gasteiger partial charge >= 0.3 is 0 Å². The van der Waals surface area contributed by atoms with E-state index in [-0.39, 0.29) is 12.0 Å². The molecule has 1 fully saturated rings. The summed E-state index contributed by atoms with van der Waals surface area (Å²) in [6.45, 7) is 4.42. The Morgan fingerprint density at radius 2 is 2.33 bits per heavy atom. The van der Waals surface area contributed by atoms with Gasteiger partial charge in [-0.25, -0.2) is 0 Å². The zero-order valence-corrected chi connectivity index (χ0v) is 12.5. The Morgan fingerprint density at radius 1 is 1.43 bits per heavy atom. The molecule has 1 aliphatic heterocycles. The van der Waals surface area contributed by atoms with Crippen LogP contribution in [0, 0.1) is 0 Å². The van der Waals surface area contributed by atoms with E-state index in [1.807, 2.05) is 35.4 Å². The molecule has 21 heavy (non-hydrogen) atoms. The smallest absolute Gasteiger partial charge is 0.254 e. The SMILES string of the molecule is CCCOC1CCCN(C(=O)c2ccc3cc[nH]c3c2)C1. The Bertz CT molecular complexity index is 620. The number of benzene rings is 1. The van der Waals surface area contributed by atoms with Crippen molar-refractivity contribution >= 4 is 16.8 Å². The summed E-state index contributed by atoms with van der Waals surface area (Å²) >= 11 is 0. The molecule has 1 N–H and O–H groups in total. The molecule has 1 atom stereocenters. The van der Waals surface area contributed by atoms with Crippen molar-refractivity contribution in [2.45, 2.75) is 32.3 Å². The third-order valence-corrected chi connectivity index (χ3v) is 4.03. The summed E-state index contributed by atoms with van der Waals surface area (Å²) in [5.74, 6) is 0.108. The quantitative estimate of drug-likeness (QED) is 0.938. The van der Waals surface area contributed by atoms with Crippen molar-refractivity contribution in [1.82, 2.24) is 9.88 Å². The van der Waals surface area contributed by atoms with E-state index in [2.05, 4.69) is 11.9 Å². The Hall–Kier alpha value is -1.81. The van der Waals surface area contributed by atoms with Crippen molar-refractivity contribution in [3.63, 3.8) is 0 Å². The van der Waals surface area contributed by atoms with Gasteiger partial charge in [-0.05, 0) is 42.8 Å². The lowest BCUT2D eigenvalue weighted by molar-refractivity contribution is 0.00212. The molecule has 1 aliphatic rings. The van der Waals surface area contributed by atoms with Crippen molar-refractivity contribution < 1.29 is 9.53 Å². The summed E-state index contributed by atoms with van der Waals surface area (Å²) in [4.78, 5) is 17.7. The van der Waals surface area contributed by atoms with Crippen LogP contribution in [0.2, 0.25) is 0 Å². The Morgan fingerprint density at radius 3 is 3.19 bits per heavy atom. The number of H-pyrrole nitrogens is 1. The second-order valence-corrected chi connectivity index (χ2v) is 5.67. The highest BCUT2D eigenvalue weighted by Crippen LogP contribution is 2.19. The van der Waals surface area contributed by atoms with E-state index in [1.165, 1.54) is 0 Å². The number of carbonyl (C=O) groups is 1. The molecule has 0 bridgehead atoms. The first kappa shape index (κ1) is 14.1. The van der Waals surface area contributed by atoms with Crippen molar-refractivity contribution in [3.05, 3.63) is 36.0 Å². The molecule has 1 aromatic carbocycles. The minimum absolute atomic E-state index is 0.108.